The van der Waals surface area contributed by atoms with Gasteiger partial charge in [-0.05, 0) is 36.7 Å². The Bertz CT molecular complexity index is 109. The Morgan fingerprint density at radius 1 is 1.42 bits per heavy atom. The van der Waals surface area contributed by atoms with Crippen LogP contribution in [0.2, 0.25) is 0 Å². The molecule has 0 saturated carbocycles. The third-order valence-electron chi connectivity index (χ3n) is 2.17. The third kappa shape index (κ3) is 3.64. The van der Waals surface area contributed by atoms with Crippen LogP contribution in [0.1, 0.15) is 19.3 Å². The van der Waals surface area contributed by atoms with E-state index in [-0.39, 0.29) is 0 Å². The van der Waals surface area contributed by atoms with Crippen LogP contribution in [-0.2, 0) is 0 Å². The summed E-state index contributed by atoms with van der Waals surface area (Å²) in [7, 11) is 4.10. The Hall–Kier alpha value is 1.40. The Morgan fingerprint density at radius 3 is 2.75 bits per heavy atom. The summed E-state index contributed by atoms with van der Waals surface area (Å²) in [5, 5.41) is 0.841. The van der Waals surface area contributed by atoms with Crippen LogP contribution >= 0.6 is 46.8 Å². The maximum atomic E-state index is 4.40. The van der Waals surface area contributed by atoms with Gasteiger partial charge in [0.2, 0.25) is 0 Å². The minimum Gasteiger partial charge on any atom is -0.179 e. The molecular formula is C8H16S4. The molecule has 1 aliphatic rings. The lowest BCUT2D eigenvalue weighted by Crippen LogP contribution is -2.21. The Balaban J connectivity index is 2.29. The molecule has 0 bridgehead atoms. The van der Waals surface area contributed by atoms with Crippen LogP contribution in [0.25, 0.3) is 0 Å². The Labute approximate surface area is 94.2 Å². The summed E-state index contributed by atoms with van der Waals surface area (Å²) in [6, 6.07) is 0. The topological polar surface area (TPSA) is 0 Å². The number of hydrogen-bond acceptors (Lipinski definition) is 4. The standard InChI is InChI=1S/C8H16S4/c9-4-3-7(6-10)8-2-1-5-11-12-8/h7-10H,1-6H2/t7?,8-/m0/s1. The summed E-state index contributed by atoms with van der Waals surface area (Å²) in [6.07, 6.45) is 4.00. The van der Waals surface area contributed by atoms with Crippen molar-refractivity contribution in [1.29, 1.82) is 0 Å². The lowest BCUT2D eigenvalue weighted by atomic mass is 10.0. The average Bonchev–Trinajstić information content (AvgIpc) is 2.15. The average molecular weight is 240 g/mol. The highest BCUT2D eigenvalue weighted by molar-refractivity contribution is 8.77. The Kier molecular flexibility index (Phi) is 6.50. The van der Waals surface area contributed by atoms with Gasteiger partial charge in [-0.3, -0.25) is 0 Å². The molecule has 1 aliphatic heterocycles. The summed E-state index contributed by atoms with van der Waals surface area (Å²) in [5.74, 6) is 4.15. The van der Waals surface area contributed by atoms with Gasteiger partial charge < -0.3 is 0 Å². The molecule has 0 radical (unpaired) electrons. The first-order chi connectivity index (χ1) is 5.88. The zero-order chi connectivity index (χ0) is 8.81. The van der Waals surface area contributed by atoms with E-state index in [2.05, 4.69) is 36.1 Å². The van der Waals surface area contributed by atoms with E-state index >= 15 is 0 Å². The zero-order valence-electron chi connectivity index (χ0n) is 7.11. The molecule has 1 unspecified atom stereocenters. The molecule has 0 aromatic rings. The summed E-state index contributed by atoms with van der Waals surface area (Å²) in [4.78, 5) is 0. The highest BCUT2D eigenvalue weighted by Gasteiger charge is 2.22. The molecule has 4 heteroatoms. The van der Waals surface area contributed by atoms with Crippen LogP contribution in [0.15, 0.2) is 0 Å². The van der Waals surface area contributed by atoms with Gasteiger partial charge in [-0.25, -0.2) is 0 Å². The van der Waals surface area contributed by atoms with Gasteiger partial charge in [0, 0.05) is 11.0 Å². The second-order valence-corrected chi connectivity index (χ2v) is 6.59. The van der Waals surface area contributed by atoms with E-state index in [4.69, 9.17) is 0 Å². The van der Waals surface area contributed by atoms with Crippen molar-refractivity contribution in [2.24, 2.45) is 5.92 Å². The van der Waals surface area contributed by atoms with Crippen molar-refractivity contribution in [3.63, 3.8) is 0 Å². The molecule has 0 amide bonds. The molecule has 72 valence electrons. The monoisotopic (exact) mass is 240 g/mol. The quantitative estimate of drug-likeness (QED) is 0.571. The summed E-state index contributed by atoms with van der Waals surface area (Å²) < 4.78 is 0. The van der Waals surface area contributed by atoms with Gasteiger partial charge in [0.1, 0.15) is 0 Å². The largest absolute Gasteiger partial charge is 0.179 e. The lowest BCUT2D eigenvalue weighted by molar-refractivity contribution is 0.521. The maximum absolute atomic E-state index is 4.40. The summed E-state index contributed by atoms with van der Waals surface area (Å²) >= 11 is 8.69. The van der Waals surface area contributed by atoms with Gasteiger partial charge in [-0.1, -0.05) is 21.6 Å². The fourth-order valence-corrected chi connectivity index (χ4v) is 5.45. The molecule has 2 atom stereocenters. The van der Waals surface area contributed by atoms with E-state index in [9.17, 15) is 0 Å². The van der Waals surface area contributed by atoms with Crippen LogP contribution in [0.5, 0.6) is 0 Å². The molecule has 1 heterocycles. The Morgan fingerprint density at radius 2 is 2.25 bits per heavy atom. The van der Waals surface area contributed by atoms with Crippen molar-refractivity contribution in [2.45, 2.75) is 24.5 Å². The lowest BCUT2D eigenvalue weighted by Gasteiger charge is -2.27. The SMILES string of the molecule is SCCC(CS)[C@@H]1CCCSS1. The summed E-state index contributed by atoms with van der Waals surface area (Å²) in [5.41, 5.74) is 0. The maximum Gasteiger partial charge on any atom is 0.0188 e. The van der Waals surface area contributed by atoms with Gasteiger partial charge in [0.15, 0.2) is 0 Å². The molecule has 0 aromatic carbocycles. The number of hydrogen-bond donors (Lipinski definition) is 2. The number of rotatable bonds is 4. The van der Waals surface area contributed by atoms with E-state index in [1.807, 2.05) is 10.8 Å². The normalized spacial score (nSPS) is 27.0. The van der Waals surface area contributed by atoms with Crippen molar-refractivity contribution >= 4 is 46.8 Å². The van der Waals surface area contributed by atoms with Crippen LogP contribution in [0.4, 0.5) is 0 Å². The molecule has 0 N–H and O–H groups in total. The molecule has 0 aliphatic carbocycles. The highest BCUT2D eigenvalue weighted by Crippen LogP contribution is 2.40. The molecule has 1 rings (SSSR count). The molecular weight excluding hydrogens is 224 g/mol. The van der Waals surface area contributed by atoms with Crippen LogP contribution in [0, 0.1) is 5.92 Å². The van der Waals surface area contributed by atoms with Crippen molar-refractivity contribution < 1.29 is 0 Å². The third-order valence-corrected chi connectivity index (χ3v) is 6.00. The zero-order valence-corrected chi connectivity index (χ0v) is 10.5. The second kappa shape index (κ2) is 6.80. The van der Waals surface area contributed by atoms with Crippen LogP contribution < -0.4 is 0 Å². The van der Waals surface area contributed by atoms with Crippen molar-refractivity contribution in [3.05, 3.63) is 0 Å². The van der Waals surface area contributed by atoms with Crippen molar-refractivity contribution in [1.82, 2.24) is 0 Å². The van der Waals surface area contributed by atoms with Gasteiger partial charge >= 0.3 is 0 Å². The van der Waals surface area contributed by atoms with Gasteiger partial charge in [-0.2, -0.15) is 25.3 Å². The fourth-order valence-electron chi connectivity index (χ4n) is 1.40. The molecule has 0 aromatic heterocycles. The minimum atomic E-state index is 0.781. The van der Waals surface area contributed by atoms with E-state index in [0.717, 1.165) is 22.7 Å². The smallest absolute Gasteiger partial charge is 0.0188 e. The van der Waals surface area contributed by atoms with Crippen molar-refractivity contribution in [3.8, 4) is 0 Å². The molecule has 1 saturated heterocycles. The van der Waals surface area contributed by atoms with Gasteiger partial charge in [-0.15, -0.1) is 0 Å². The molecule has 0 nitrogen and oxygen atoms in total. The summed E-state index contributed by atoms with van der Waals surface area (Å²) in [6.45, 7) is 0. The van der Waals surface area contributed by atoms with E-state index < -0.39 is 0 Å². The van der Waals surface area contributed by atoms with Gasteiger partial charge in [0.05, 0.1) is 0 Å². The predicted molar refractivity (Wildman–Crippen MR) is 68.9 cm³/mol. The first-order valence-electron chi connectivity index (χ1n) is 4.38. The van der Waals surface area contributed by atoms with E-state index in [1.165, 1.54) is 25.0 Å². The van der Waals surface area contributed by atoms with Gasteiger partial charge in [0.25, 0.3) is 0 Å². The van der Waals surface area contributed by atoms with E-state index in [1.54, 1.807) is 0 Å². The first kappa shape index (κ1) is 11.5. The molecule has 12 heavy (non-hydrogen) atoms. The first-order valence-corrected chi connectivity index (χ1v) is 8.03. The van der Waals surface area contributed by atoms with E-state index in [0.29, 0.717) is 0 Å². The molecule has 1 fully saturated rings. The second-order valence-electron chi connectivity index (χ2n) is 3.05. The predicted octanol–water partition coefficient (Wildman–Crippen LogP) is 3.40. The fraction of sp³-hybridized carbons (Fsp3) is 1.00. The van der Waals surface area contributed by atoms with Crippen LogP contribution in [0.3, 0.4) is 0 Å². The number of thiol groups is 2. The minimum absolute atomic E-state index is 0.781. The molecule has 0 spiro atoms. The van der Waals surface area contributed by atoms with Crippen LogP contribution in [-0.4, -0.2) is 22.5 Å². The highest BCUT2D eigenvalue weighted by atomic mass is 33.1. The van der Waals surface area contributed by atoms with Crippen molar-refractivity contribution in [2.75, 3.05) is 17.3 Å².